The number of hydrogen-bond acceptors (Lipinski definition) is 8. The summed E-state index contributed by atoms with van der Waals surface area (Å²) in [4.78, 5) is 30.7. The third-order valence-electron chi connectivity index (χ3n) is 7.34. The molecule has 4 heterocycles. The fraction of sp³-hybridized carbons (Fsp3) is 0.538. The normalized spacial score (nSPS) is 21.1. The Morgan fingerprint density at radius 3 is 1.14 bits per heavy atom. The summed E-state index contributed by atoms with van der Waals surface area (Å²) in [7, 11) is -0.896. The standard InChI is InChI=1S/2C13H18BNO3/c2*1-9(16)11-8-10(6-7-15-11)14-17-12(2,3)13(4,5)18-14/h2*6-8H,1-5H3. The van der Waals surface area contributed by atoms with Gasteiger partial charge in [-0.3, -0.25) is 19.6 Å². The minimum atomic E-state index is -0.448. The number of pyridine rings is 2. The first-order chi connectivity index (χ1) is 16.5. The van der Waals surface area contributed by atoms with Gasteiger partial charge in [0, 0.05) is 26.2 Å². The molecular weight excluding hydrogens is 458 g/mol. The van der Waals surface area contributed by atoms with Crippen molar-refractivity contribution < 1.29 is 28.2 Å². The van der Waals surface area contributed by atoms with Crippen LogP contribution in [-0.4, -0.2) is 58.2 Å². The first kappa shape index (κ1) is 28.2. The average Bonchev–Trinajstić information content (AvgIpc) is 3.14. The second kappa shape index (κ2) is 9.82. The maximum Gasteiger partial charge on any atom is 0.494 e. The molecule has 2 aromatic rings. The molecule has 4 rings (SSSR count). The maximum atomic E-state index is 11.3. The molecular formula is C26H36B2N2O6. The summed E-state index contributed by atoms with van der Waals surface area (Å²) in [5.74, 6) is -0.123. The van der Waals surface area contributed by atoms with E-state index in [9.17, 15) is 9.59 Å². The van der Waals surface area contributed by atoms with Crippen LogP contribution in [0.15, 0.2) is 36.7 Å². The van der Waals surface area contributed by atoms with Crippen molar-refractivity contribution in [1.29, 1.82) is 0 Å². The van der Waals surface area contributed by atoms with E-state index in [0.717, 1.165) is 10.9 Å². The number of rotatable bonds is 4. The Morgan fingerprint density at radius 2 is 0.889 bits per heavy atom. The highest BCUT2D eigenvalue weighted by Gasteiger charge is 2.52. The average molecular weight is 494 g/mol. The lowest BCUT2D eigenvalue weighted by Crippen LogP contribution is -2.41. The van der Waals surface area contributed by atoms with Crippen LogP contribution in [0.3, 0.4) is 0 Å². The predicted molar refractivity (Wildman–Crippen MR) is 140 cm³/mol. The van der Waals surface area contributed by atoms with Crippen molar-refractivity contribution in [3.8, 4) is 0 Å². The summed E-state index contributed by atoms with van der Waals surface area (Å²) in [6, 6.07) is 7.08. The molecule has 2 aromatic heterocycles. The summed E-state index contributed by atoms with van der Waals surface area (Å²) >= 11 is 0. The highest BCUT2D eigenvalue weighted by atomic mass is 16.7. The Labute approximate surface area is 214 Å². The fourth-order valence-corrected chi connectivity index (χ4v) is 3.53. The predicted octanol–water partition coefficient (Wildman–Crippen LogP) is 3.17. The van der Waals surface area contributed by atoms with E-state index in [-0.39, 0.29) is 34.0 Å². The number of aromatic nitrogens is 2. The summed E-state index contributed by atoms with van der Waals surface area (Å²) < 4.78 is 23.7. The van der Waals surface area contributed by atoms with E-state index in [1.165, 1.54) is 13.8 Å². The van der Waals surface area contributed by atoms with Gasteiger partial charge in [-0.15, -0.1) is 0 Å². The summed E-state index contributed by atoms with van der Waals surface area (Å²) in [5.41, 5.74) is 1.01. The highest BCUT2D eigenvalue weighted by molar-refractivity contribution is 6.62. The maximum absolute atomic E-state index is 11.3. The Kier molecular flexibility index (Phi) is 7.69. The van der Waals surface area contributed by atoms with Crippen LogP contribution < -0.4 is 10.9 Å². The number of carbonyl (C=O) groups excluding carboxylic acids is 2. The Morgan fingerprint density at radius 1 is 0.611 bits per heavy atom. The molecule has 2 fully saturated rings. The monoisotopic (exact) mass is 494 g/mol. The number of ketones is 2. The van der Waals surface area contributed by atoms with Crippen LogP contribution in [0.25, 0.3) is 0 Å². The molecule has 0 saturated carbocycles. The van der Waals surface area contributed by atoms with Gasteiger partial charge < -0.3 is 18.6 Å². The zero-order valence-electron chi connectivity index (χ0n) is 23.0. The number of Topliss-reactive ketones (excluding diaryl/α,β-unsaturated/α-hetero) is 2. The van der Waals surface area contributed by atoms with Gasteiger partial charge in [-0.1, -0.05) is 0 Å². The second-order valence-electron chi connectivity index (χ2n) is 11.2. The minimum absolute atomic E-state index is 0.0617. The molecule has 0 N–H and O–H groups in total. The van der Waals surface area contributed by atoms with Gasteiger partial charge in [-0.25, -0.2) is 0 Å². The van der Waals surface area contributed by atoms with E-state index < -0.39 is 14.2 Å². The quantitative estimate of drug-likeness (QED) is 0.473. The molecule has 0 bridgehead atoms. The van der Waals surface area contributed by atoms with Gasteiger partial charge in [0.2, 0.25) is 0 Å². The lowest BCUT2D eigenvalue weighted by Gasteiger charge is -2.32. The van der Waals surface area contributed by atoms with Crippen LogP contribution in [0.4, 0.5) is 0 Å². The van der Waals surface area contributed by atoms with Gasteiger partial charge >= 0.3 is 14.2 Å². The summed E-state index contributed by atoms with van der Waals surface area (Å²) in [6.45, 7) is 19.0. The van der Waals surface area contributed by atoms with E-state index in [4.69, 9.17) is 18.6 Å². The second-order valence-corrected chi connectivity index (χ2v) is 11.2. The smallest absolute Gasteiger partial charge is 0.399 e. The van der Waals surface area contributed by atoms with Crippen molar-refractivity contribution in [2.75, 3.05) is 0 Å². The van der Waals surface area contributed by atoms with Gasteiger partial charge in [-0.05, 0) is 90.6 Å². The van der Waals surface area contributed by atoms with Crippen LogP contribution in [0, 0.1) is 0 Å². The Bertz CT molecular complexity index is 1030. The zero-order chi connectivity index (χ0) is 27.1. The molecule has 10 heteroatoms. The van der Waals surface area contributed by atoms with Crippen LogP contribution in [0.2, 0.25) is 0 Å². The summed E-state index contributed by atoms with van der Waals surface area (Å²) in [5, 5.41) is 0. The molecule has 0 atom stereocenters. The SMILES string of the molecule is CC(=O)c1cc(B2OC(C)(C)C(C)(C)O2)ccn1.CC(=O)c1cc(B2OC(C)(C)C(C)(C)O2)ccn1. The number of carbonyl (C=O) groups is 2. The van der Waals surface area contributed by atoms with E-state index in [0.29, 0.717) is 11.4 Å². The summed E-state index contributed by atoms with van der Waals surface area (Å²) in [6.07, 6.45) is 3.22. The third-order valence-corrected chi connectivity index (χ3v) is 7.34. The first-order valence-electron chi connectivity index (χ1n) is 12.1. The third kappa shape index (κ3) is 5.78. The van der Waals surface area contributed by atoms with Gasteiger partial charge in [0.1, 0.15) is 11.4 Å². The van der Waals surface area contributed by atoms with Gasteiger partial charge in [0.15, 0.2) is 11.6 Å². The lowest BCUT2D eigenvalue weighted by molar-refractivity contribution is 0.00578. The molecule has 2 saturated heterocycles. The van der Waals surface area contributed by atoms with Crippen molar-refractivity contribution in [2.24, 2.45) is 0 Å². The molecule has 2 aliphatic rings. The molecule has 0 amide bonds. The van der Waals surface area contributed by atoms with Gasteiger partial charge in [-0.2, -0.15) is 0 Å². The number of nitrogens with zero attached hydrogens (tertiary/aromatic N) is 2. The molecule has 192 valence electrons. The van der Waals surface area contributed by atoms with E-state index in [1.807, 2.05) is 67.5 Å². The van der Waals surface area contributed by atoms with Crippen molar-refractivity contribution in [3.05, 3.63) is 48.0 Å². The van der Waals surface area contributed by atoms with Crippen molar-refractivity contribution in [2.45, 2.75) is 91.6 Å². The van der Waals surface area contributed by atoms with Crippen LogP contribution in [-0.2, 0) is 18.6 Å². The molecule has 0 unspecified atom stereocenters. The molecule has 2 aliphatic heterocycles. The van der Waals surface area contributed by atoms with Crippen LogP contribution in [0.1, 0.15) is 90.2 Å². The molecule has 0 aliphatic carbocycles. The zero-order valence-corrected chi connectivity index (χ0v) is 23.0. The van der Waals surface area contributed by atoms with Crippen molar-refractivity contribution >= 4 is 36.7 Å². The Hall–Kier alpha value is -2.39. The van der Waals surface area contributed by atoms with Crippen molar-refractivity contribution in [1.82, 2.24) is 9.97 Å². The fourth-order valence-electron chi connectivity index (χ4n) is 3.53. The van der Waals surface area contributed by atoms with E-state index in [1.54, 1.807) is 24.5 Å². The van der Waals surface area contributed by atoms with Crippen molar-refractivity contribution in [3.63, 3.8) is 0 Å². The highest BCUT2D eigenvalue weighted by Crippen LogP contribution is 2.37. The molecule has 36 heavy (non-hydrogen) atoms. The first-order valence-corrected chi connectivity index (χ1v) is 12.1. The van der Waals surface area contributed by atoms with Crippen LogP contribution >= 0.6 is 0 Å². The molecule has 8 nitrogen and oxygen atoms in total. The van der Waals surface area contributed by atoms with Gasteiger partial charge in [0.25, 0.3) is 0 Å². The van der Waals surface area contributed by atoms with Gasteiger partial charge in [0.05, 0.1) is 22.4 Å². The lowest BCUT2D eigenvalue weighted by atomic mass is 9.79. The van der Waals surface area contributed by atoms with E-state index >= 15 is 0 Å². The topological polar surface area (TPSA) is 96.8 Å². The van der Waals surface area contributed by atoms with Crippen LogP contribution in [0.5, 0.6) is 0 Å². The minimum Gasteiger partial charge on any atom is -0.399 e. The number of hydrogen-bond donors (Lipinski definition) is 0. The largest absolute Gasteiger partial charge is 0.494 e. The van der Waals surface area contributed by atoms with E-state index in [2.05, 4.69) is 9.97 Å². The molecule has 0 spiro atoms. The molecule has 0 aromatic carbocycles. The Balaban J connectivity index is 0.000000201. The molecule has 0 radical (unpaired) electrons.